The highest BCUT2D eigenvalue weighted by molar-refractivity contribution is 9.10. The summed E-state index contributed by atoms with van der Waals surface area (Å²) < 4.78 is 3.89. The van der Waals surface area contributed by atoms with Gasteiger partial charge in [-0.05, 0) is 29.8 Å². The molecular weight excluding hydrogens is 364 g/mol. The number of hydrogen-bond donors (Lipinski definition) is 1. The van der Waals surface area contributed by atoms with Gasteiger partial charge in [0.1, 0.15) is 11.7 Å². The average molecular weight is 383 g/mol. The highest BCUT2D eigenvalue weighted by Gasteiger charge is 2.23. The second-order valence-electron chi connectivity index (χ2n) is 5.23. The zero-order valence-electron chi connectivity index (χ0n) is 13.4. The Morgan fingerprint density at radius 1 is 1.35 bits per heavy atom. The predicted molar refractivity (Wildman–Crippen MR) is 89.2 cm³/mol. The molecule has 0 fully saturated rings. The van der Waals surface area contributed by atoms with Crippen LogP contribution >= 0.6 is 15.9 Å². The molecular formula is C14H19BrN6O2. The van der Waals surface area contributed by atoms with E-state index in [1.165, 1.54) is 15.8 Å². The van der Waals surface area contributed by atoms with Crippen molar-refractivity contribution in [2.75, 3.05) is 19.4 Å². The monoisotopic (exact) mass is 382 g/mol. The number of carbonyl (C=O) groups excluding carboxylic acids is 2. The molecule has 0 saturated carbocycles. The first kappa shape index (κ1) is 17.2. The van der Waals surface area contributed by atoms with Gasteiger partial charge in [0.25, 0.3) is 5.91 Å². The summed E-state index contributed by atoms with van der Waals surface area (Å²) in [5.41, 5.74) is 0.758. The lowest BCUT2D eigenvalue weighted by atomic mass is 10.2. The Balaban J connectivity index is 2.24. The van der Waals surface area contributed by atoms with Gasteiger partial charge in [-0.3, -0.25) is 19.0 Å². The summed E-state index contributed by atoms with van der Waals surface area (Å²) in [5, 5.41) is 11.0. The van der Waals surface area contributed by atoms with Crippen molar-refractivity contribution in [3.63, 3.8) is 0 Å². The molecule has 0 aromatic carbocycles. The van der Waals surface area contributed by atoms with Crippen molar-refractivity contribution in [2.45, 2.75) is 26.4 Å². The van der Waals surface area contributed by atoms with Crippen LogP contribution in [0.25, 0.3) is 0 Å². The van der Waals surface area contributed by atoms with Crippen LogP contribution in [0.15, 0.2) is 23.1 Å². The lowest BCUT2D eigenvalue weighted by Crippen LogP contribution is -2.28. The zero-order valence-corrected chi connectivity index (χ0v) is 15.0. The van der Waals surface area contributed by atoms with Crippen molar-refractivity contribution in [1.29, 1.82) is 0 Å². The molecule has 9 heteroatoms. The Morgan fingerprint density at radius 3 is 2.57 bits per heavy atom. The van der Waals surface area contributed by atoms with Crippen molar-refractivity contribution >= 4 is 33.4 Å². The molecule has 0 aliphatic rings. The summed E-state index contributed by atoms with van der Waals surface area (Å²) >= 11 is 3.30. The van der Waals surface area contributed by atoms with E-state index in [4.69, 9.17) is 0 Å². The van der Waals surface area contributed by atoms with Crippen molar-refractivity contribution in [1.82, 2.24) is 24.5 Å². The molecule has 2 amide bonds. The van der Waals surface area contributed by atoms with E-state index in [-0.39, 0.29) is 11.8 Å². The van der Waals surface area contributed by atoms with E-state index in [0.29, 0.717) is 17.9 Å². The Morgan fingerprint density at radius 2 is 2.04 bits per heavy atom. The average Bonchev–Trinajstić information content (AvgIpc) is 3.11. The number of carbonyl (C=O) groups is 2. The van der Waals surface area contributed by atoms with Gasteiger partial charge in [-0.2, -0.15) is 10.2 Å². The minimum Gasteiger partial charge on any atom is -0.343 e. The fourth-order valence-electron chi connectivity index (χ4n) is 2.04. The second kappa shape index (κ2) is 6.95. The largest absolute Gasteiger partial charge is 0.343 e. The fraction of sp³-hybridized carbons (Fsp3) is 0.429. The predicted octanol–water partition coefficient (Wildman–Crippen LogP) is 1.76. The summed E-state index contributed by atoms with van der Waals surface area (Å²) in [6, 6.07) is -0.520. The van der Waals surface area contributed by atoms with Gasteiger partial charge in [0.05, 0.1) is 22.6 Å². The van der Waals surface area contributed by atoms with E-state index >= 15 is 0 Å². The Kier molecular flexibility index (Phi) is 5.19. The maximum absolute atomic E-state index is 12.4. The molecule has 1 N–H and O–H groups in total. The van der Waals surface area contributed by atoms with Crippen LogP contribution in [0.5, 0.6) is 0 Å². The van der Waals surface area contributed by atoms with Gasteiger partial charge in [0, 0.05) is 26.8 Å². The van der Waals surface area contributed by atoms with Gasteiger partial charge in [0.15, 0.2) is 0 Å². The number of anilines is 1. The number of rotatable bonds is 5. The van der Waals surface area contributed by atoms with Gasteiger partial charge >= 0.3 is 0 Å². The van der Waals surface area contributed by atoms with Crippen LogP contribution < -0.4 is 5.32 Å². The molecule has 8 nitrogen and oxygen atoms in total. The van der Waals surface area contributed by atoms with Gasteiger partial charge < -0.3 is 10.2 Å². The molecule has 23 heavy (non-hydrogen) atoms. The summed E-state index contributed by atoms with van der Waals surface area (Å²) in [7, 11) is 3.32. The van der Waals surface area contributed by atoms with E-state index in [9.17, 15) is 9.59 Å². The molecule has 2 aromatic rings. The van der Waals surface area contributed by atoms with E-state index in [2.05, 4.69) is 31.4 Å². The number of aryl methyl sites for hydroxylation is 1. The molecule has 2 aromatic heterocycles. The van der Waals surface area contributed by atoms with Crippen molar-refractivity contribution < 1.29 is 9.59 Å². The van der Waals surface area contributed by atoms with Gasteiger partial charge in [0.2, 0.25) is 5.91 Å². The third kappa shape index (κ3) is 3.61. The molecule has 0 saturated heterocycles. The summed E-state index contributed by atoms with van der Waals surface area (Å²) in [5.74, 6) is -0.488. The quantitative estimate of drug-likeness (QED) is 0.853. The highest BCUT2D eigenvalue weighted by Crippen LogP contribution is 2.19. The van der Waals surface area contributed by atoms with E-state index < -0.39 is 6.04 Å². The van der Waals surface area contributed by atoms with E-state index in [1.807, 2.05) is 6.92 Å². The molecule has 0 radical (unpaired) electrons. The van der Waals surface area contributed by atoms with Crippen LogP contribution in [-0.4, -0.2) is 50.4 Å². The number of amides is 2. The maximum atomic E-state index is 12.4. The number of nitrogens with zero attached hydrogens (tertiary/aromatic N) is 5. The van der Waals surface area contributed by atoms with Crippen molar-refractivity contribution in [3.05, 3.63) is 28.8 Å². The Labute approximate surface area is 142 Å². The van der Waals surface area contributed by atoms with Crippen LogP contribution in [0.4, 0.5) is 5.69 Å². The Bertz CT molecular complexity index is 721. The van der Waals surface area contributed by atoms with Crippen LogP contribution in [0.2, 0.25) is 0 Å². The van der Waals surface area contributed by atoms with Gasteiger partial charge in [-0.25, -0.2) is 0 Å². The lowest BCUT2D eigenvalue weighted by molar-refractivity contribution is -0.119. The third-order valence-corrected chi connectivity index (χ3v) is 3.76. The fourth-order valence-corrected chi connectivity index (χ4v) is 2.34. The zero-order chi connectivity index (χ0) is 17.1. The summed E-state index contributed by atoms with van der Waals surface area (Å²) in [6.07, 6.45) is 4.81. The molecule has 124 valence electrons. The third-order valence-electron chi connectivity index (χ3n) is 3.35. The highest BCUT2D eigenvalue weighted by atomic mass is 79.9. The second-order valence-corrected chi connectivity index (χ2v) is 6.14. The molecule has 0 bridgehead atoms. The molecule has 0 spiro atoms. The molecule has 1 atom stereocenters. The summed E-state index contributed by atoms with van der Waals surface area (Å²) in [6.45, 7) is 4.15. The number of nitrogens with one attached hydrogen (secondary N) is 1. The minimum atomic E-state index is -0.520. The topological polar surface area (TPSA) is 85.0 Å². The Hall–Kier alpha value is -2.16. The molecule has 2 rings (SSSR count). The van der Waals surface area contributed by atoms with Crippen LogP contribution in [0.1, 0.15) is 30.4 Å². The SMILES string of the molecule is CCn1ncc(NC(=O)C(C)n2cc(Br)cn2)c1C(=O)N(C)C. The van der Waals surface area contributed by atoms with Gasteiger partial charge in [-0.1, -0.05) is 0 Å². The van der Waals surface area contributed by atoms with Crippen LogP contribution in [-0.2, 0) is 11.3 Å². The van der Waals surface area contributed by atoms with E-state index in [0.717, 1.165) is 4.47 Å². The standard InChI is InChI=1S/C14H19BrN6O2/c1-5-20-12(14(23)19(3)4)11(7-17-20)18-13(22)9(2)21-8-10(15)6-16-21/h6-9H,5H2,1-4H3,(H,18,22). The van der Waals surface area contributed by atoms with Gasteiger partial charge in [-0.15, -0.1) is 0 Å². The number of halogens is 1. The van der Waals surface area contributed by atoms with E-state index in [1.54, 1.807) is 38.1 Å². The maximum Gasteiger partial charge on any atom is 0.273 e. The first-order valence-electron chi connectivity index (χ1n) is 7.13. The normalized spacial score (nSPS) is 12.0. The molecule has 1 unspecified atom stereocenters. The first-order valence-corrected chi connectivity index (χ1v) is 7.92. The minimum absolute atomic E-state index is 0.214. The first-order chi connectivity index (χ1) is 10.8. The lowest BCUT2D eigenvalue weighted by Gasteiger charge is -2.15. The van der Waals surface area contributed by atoms with Crippen LogP contribution in [0, 0.1) is 0 Å². The number of hydrogen-bond acceptors (Lipinski definition) is 4. The molecule has 0 aliphatic heterocycles. The van der Waals surface area contributed by atoms with Crippen molar-refractivity contribution in [3.8, 4) is 0 Å². The molecule has 2 heterocycles. The molecule has 0 aliphatic carbocycles. The van der Waals surface area contributed by atoms with Crippen LogP contribution in [0.3, 0.4) is 0 Å². The smallest absolute Gasteiger partial charge is 0.273 e. The summed E-state index contributed by atoms with van der Waals surface area (Å²) in [4.78, 5) is 26.2. The number of aromatic nitrogens is 4. The van der Waals surface area contributed by atoms with Crippen molar-refractivity contribution in [2.24, 2.45) is 0 Å².